The molecule has 1 heterocycles. The molecular formula is C21H22N2OS. The highest BCUT2D eigenvalue weighted by Crippen LogP contribution is 2.30. The van der Waals surface area contributed by atoms with Crippen molar-refractivity contribution in [2.45, 2.75) is 26.2 Å². The van der Waals surface area contributed by atoms with Gasteiger partial charge in [-0.3, -0.25) is 4.79 Å². The van der Waals surface area contributed by atoms with Crippen LogP contribution in [0, 0.1) is 0 Å². The van der Waals surface area contributed by atoms with Gasteiger partial charge in [0.15, 0.2) is 0 Å². The highest BCUT2D eigenvalue weighted by molar-refractivity contribution is 7.13. The highest BCUT2D eigenvalue weighted by Gasteiger charge is 2.11. The lowest BCUT2D eigenvalue weighted by molar-refractivity contribution is 0.102. The molecule has 25 heavy (non-hydrogen) atoms. The third-order valence-electron chi connectivity index (χ3n) is 4.46. The molecule has 0 saturated heterocycles. The molecule has 128 valence electrons. The maximum Gasteiger partial charge on any atom is 0.255 e. The summed E-state index contributed by atoms with van der Waals surface area (Å²) in [7, 11) is 0. The molecule has 0 radical (unpaired) electrons. The summed E-state index contributed by atoms with van der Waals surface area (Å²) in [6.07, 6.45) is 1.08. The van der Waals surface area contributed by atoms with Gasteiger partial charge in [-0.2, -0.15) is 0 Å². The Morgan fingerprint density at radius 3 is 2.56 bits per heavy atom. The quantitative estimate of drug-likeness (QED) is 0.575. The van der Waals surface area contributed by atoms with Crippen LogP contribution in [0.4, 0.5) is 11.4 Å². The van der Waals surface area contributed by atoms with Crippen molar-refractivity contribution in [3.05, 3.63) is 71.1 Å². The molecule has 4 heteroatoms. The molecule has 0 aliphatic carbocycles. The molecule has 0 bridgehead atoms. The van der Waals surface area contributed by atoms with Crippen molar-refractivity contribution in [2.75, 3.05) is 11.1 Å². The number of anilines is 2. The number of carbonyl (C=O) groups is 1. The maximum absolute atomic E-state index is 12.6. The molecule has 1 atom stereocenters. The smallest absolute Gasteiger partial charge is 0.255 e. The average molecular weight is 350 g/mol. The monoisotopic (exact) mass is 350 g/mol. The number of nitrogen functional groups attached to an aromatic ring is 1. The van der Waals surface area contributed by atoms with Crippen LogP contribution in [0.5, 0.6) is 0 Å². The molecule has 0 spiro atoms. The number of nitrogens with one attached hydrogen (secondary N) is 1. The number of benzene rings is 2. The molecular weight excluding hydrogens is 328 g/mol. The van der Waals surface area contributed by atoms with Gasteiger partial charge >= 0.3 is 0 Å². The Hall–Kier alpha value is -2.59. The van der Waals surface area contributed by atoms with Crippen molar-refractivity contribution in [3.63, 3.8) is 0 Å². The molecule has 0 saturated carbocycles. The second-order valence-electron chi connectivity index (χ2n) is 6.16. The van der Waals surface area contributed by atoms with E-state index in [0.29, 0.717) is 22.9 Å². The summed E-state index contributed by atoms with van der Waals surface area (Å²) in [4.78, 5) is 13.7. The first-order valence-electron chi connectivity index (χ1n) is 8.43. The Balaban J connectivity index is 1.80. The van der Waals surface area contributed by atoms with Gasteiger partial charge in [0, 0.05) is 10.4 Å². The number of nitrogens with two attached hydrogens (primary N) is 1. The van der Waals surface area contributed by atoms with Crippen molar-refractivity contribution in [3.8, 4) is 10.4 Å². The van der Waals surface area contributed by atoms with E-state index < -0.39 is 0 Å². The first kappa shape index (κ1) is 17.2. The predicted molar refractivity (Wildman–Crippen MR) is 107 cm³/mol. The van der Waals surface area contributed by atoms with Crippen molar-refractivity contribution in [2.24, 2.45) is 0 Å². The first-order chi connectivity index (χ1) is 12.1. The van der Waals surface area contributed by atoms with Crippen LogP contribution in [0.25, 0.3) is 10.4 Å². The van der Waals surface area contributed by atoms with Crippen LogP contribution in [-0.4, -0.2) is 5.91 Å². The predicted octanol–water partition coefficient (Wildman–Crippen LogP) is 5.76. The SMILES string of the molecule is CCC(C)c1ccc(C(=O)Nc2cc(-c3cccs3)ccc2N)cc1. The lowest BCUT2D eigenvalue weighted by Gasteiger charge is -2.12. The first-order valence-corrected chi connectivity index (χ1v) is 9.31. The third-order valence-corrected chi connectivity index (χ3v) is 5.38. The molecule has 0 fully saturated rings. The van der Waals surface area contributed by atoms with E-state index in [0.717, 1.165) is 16.9 Å². The zero-order valence-corrected chi connectivity index (χ0v) is 15.3. The van der Waals surface area contributed by atoms with Gasteiger partial charge in [0.25, 0.3) is 5.91 Å². The molecule has 1 unspecified atom stereocenters. The lowest BCUT2D eigenvalue weighted by Crippen LogP contribution is -2.13. The Morgan fingerprint density at radius 2 is 1.92 bits per heavy atom. The topological polar surface area (TPSA) is 55.1 Å². The summed E-state index contributed by atoms with van der Waals surface area (Å²) in [6, 6.07) is 17.6. The second kappa shape index (κ2) is 7.53. The standard InChI is InChI=1S/C21H22N2OS/c1-3-14(2)15-6-8-16(9-7-15)21(24)23-19-13-17(10-11-18(19)22)20-5-4-12-25-20/h4-14H,3,22H2,1-2H3,(H,23,24). The minimum atomic E-state index is -0.147. The van der Waals surface area contributed by atoms with Crippen LogP contribution >= 0.6 is 11.3 Å². The van der Waals surface area contributed by atoms with Crippen LogP contribution in [0.3, 0.4) is 0 Å². The number of thiophene rings is 1. The van der Waals surface area contributed by atoms with Gasteiger partial charge in [0.2, 0.25) is 0 Å². The summed E-state index contributed by atoms with van der Waals surface area (Å²) in [5.41, 5.74) is 10.2. The fraction of sp³-hybridized carbons (Fsp3) is 0.190. The van der Waals surface area contributed by atoms with E-state index in [1.165, 1.54) is 5.56 Å². The van der Waals surface area contributed by atoms with Crippen LogP contribution in [0.2, 0.25) is 0 Å². The fourth-order valence-corrected chi connectivity index (χ4v) is 3.38. The van der Waals surface area contributed by atoms with E-state index in [1.807, 2.05) is 53.9 Å². The minimum absolute atomic E-state index is 0.147. The number of rotatable bonds is 5. The normalized spacial score (nSPS) is 11.9. The molecule has 3 N–H and O–H groups in total. The van der Waals surface area contributed by atoms with E-state index in [9.17, 15) is 4.79 Å². The zero-order valence-electron chi connectivity index (χ0n) is 14.5. The Kier molecular flexibility index (Phi) is 5.19. The van der Waals surface area contributed by atoms with E-state index in [-0.39, 0.29) is 5.91 Å². The van der Waals surface area contributed by atoms with Crippen molar-refractivity contribution in [1.82, 2.24) is 0 Å². The number of carbonyl (C=O) groups excluding carboxylic acids is 1. The van der Waals surface area contributed by atoms with E-state index in [4.69, 9.17) is 5.73 Å². The highest BCUT2D eigenvalue weighted by atomic mass is 32.1. The fourth-order valence-electron chi connectivity index (χ4n) is 2.65. The minimum Gasteiger partial charge on any atom is -0.397 e. The molecule has 1 aromatic heterocycles. The molecule has 2 aromatic carbocycles. The summed E-state index contributed by atoms with van der Waals surface area (Å²) in [6.45, 7) is 4.35. The molecule has 3 nitrogen and oxygen atoms in total. The van der Waals surface area contributed by atoms with E-state index in [1.54, 1.807) is 11.3 Å². The summed E-state index contributed by atoms with van der Waals surface area (Å²) in [5.74, 6) is 0.348. The van der Waals surface area contributed by atoms with Crippen molar-refractivity contribution < 1.29 is 4.79 Å². The van der Waals surface area contributed by atoms with Gasteiger partial charge in [-0.1, -0.05) is 38.1 Å². The van der Waals surface area contributed by atoms with Crippen LogP contribution in [-0.2, 0) is 0 Å². The van der Waals surface area contributed by atoms with Gasteiger partial charge < -0.3 is 11.1 Å². The van der Waals surface area contributed by atoms with Crippen LogP contribution in [0.15, 0.2) is 60.0 Å². The largest absolute Gasteiger partial charge is 0.397 e. The van der Waals surface area contributed by atoms with Crippen LogP contribution < -0.4 is 11.1 Å². The third kappa shape index (κ3) is 3.91. The Bertz CT molecular complexity index is 854. The average Bonchev–Trinajstić information content (AvgIpc) is 3.17. The van der Waals surface area contributed by atoms with Gasteiger partial charge in [-0.25, -0.2) is 0 Å². The number of hydrogen-bond acceptors (Lipinski definition) is 3. The van der Waals surface area contributed by atoms with Gasteiger partial charge in [0.1, 0.15) is 0 Å². The van der Waals surface area contributed by atoms with Gasteiger partial charge in [0.05, 0.1) is 11.4 Å². The summed E-state index contributed by atoms with van der Waals surface area (Å²) >= 11 is 1.66. The zero-order chi connectivity index (χ0) is 17.8. The van der Waals surface area contributed by atoms with Crippen molar-refractivity contribution >= 4 is 28.6 Å². The maximum atomic E-state index is 12.6. The van der Waals surface area contributed by atoms with Crippen molar-refractivity contribution in [1.29, 1.82) is 0 Å². The lowest BCUT2D eigenvalue weighted by atomic mass is 9.97. The van der Waals surface area contributed by atoms with Gasteiger partial charge in [-0.15, -0.1) is 11.3 Å². The molecule has 0 aliphatic heterocycles. The summed E-state index contributed by atoms with van der Waals surface area (Å²) in [5, 5.41) is 4.96. The van der Waals surface area contributed by atoms with E-state index in [2.05, 4.69) is 25.2 Å². The second-order valence-corrected chi connectivity index (χ2v) is 7.11. The van der Waals surface area contributed by atoms with Gasteiger partial charge in [-0.05, 0) is 59.2 Å². The Labute approximate surface area is 152 Å². The van der Waals surface area contributed by atoms with E-state index >= 15 is 0 Å². The molecule has 0 aliphatic rings. The molecule has 3 aromatic rings. The number of hydrogen-bond donors (Lipinski definition) is 2. The number of amides is 1. The van der Waals surface area contributed by atoms with Crippen LogP contribution in [0.1, 0.15) is 42.1 Å². The summed E-state index contributed by atoms with van der Waals surface area (Å²) < 4.78 is 0. The molecule has 3 rings (SSSR count). The Morgan fingerprint density at radius 1 is 1.16 bits per heavy atom. The molecule has 1 amide bonds.